The lowest BCUT2D eigenvalue weighted by atomic mass is 9.98. The van der Waals surface area contributed by atoms with Gasteiger partial charge in [0, 0.05) is 47.3 Å². The number of alkyl carbamates (subject to hydrolysis) is 1. The Morgan fingerprint density at radius 2 is 1.39 bits per heavy atom. The van der Waals surface area contributed by atoms with Crippen molar-refractivity contribution in [2.45, 2.75) is 110 Å². The van der Waals surface area contributed by atoms with E-state index in [4.69, 9.17) is 33.2 Å². The van der Waals surface area contributed by atoms with Gasteiger partial charge in [-0.25, -0.2) is 4.79 Å². The fourth-order valence-corrected chi connectivity index (χ4v) is 4.98. The van der Waals surface area contributed by atoms with Crippen molar-refractivity contribution in [3.63, 3.8) is 0 Å². The summed E-state index contributed by atoms with van der Waals surface area (Å²) in [5, 5.41) is 5.26. The molecule has 1 fully saturated rings. The van der Waals surface area contributed by atoms with Crippen LogP contribution >= 0.6 is 0 Å². The van der Waals surface area contributed by atoms with Crippen molar-refractivity contribution in [3.8, 4) is 0 Å². The van der Waals surface area contributed by atoms with E-state index in [0.29, 0.717) is 25.7 Å². The quantitative estimate of drug-likeness (QED) is 0.112. The van der Waals surface area contributed by atoms with Gasteiger partial charge < -0.3 is 48.5 Å². The average Bonchev–Trinajstić information content (AvgIpc) is 3.07. The molecule has 1 aromatic carbocycles. The molecule has 2 amide bonds. The Morgan fingerprint density at radius 1 is 0.765 bits per heavy atom. The zero-order valence-corrected chi connectivity index (χ0v) is 29.5. The number of amides is 2. The first-order valence-corrected chi connectivity index (χ1v) is 16.5. The number of ether oxygens (including phenoxy) is 8. The molecule has 0 bridgehead atoms. The van der Waals surface area contributed by atoms with Crippen LogP contribution in [0.5, 0.6) is 0 Å². The zero-order chi connectivity index (χ0) is 37.8. The minimum absolute atomic E-state index is 0.00937. The fourth-order valence-electron chi connectivity index (χ4n) is 4.98. The summed E-state index contributed by atoms with van der Waals surface area (Å²) < 4.78 is 42.8. The zero-order valence-electron chi connectivity index (χ0n) is 29.5. The monoisotopic (exact) mass is 724 g/mol. The summed E-state index contributed by atoms with van der Waals surface area (Å²) >= 11 is 0. The van der Waals surface area contributed by atoms with E-state index in [1.165, 1.54) is 14.0 Å². The average molecular weight is 725 g/mol. The van der Waals surface area contributed by atoms with E-state index in [9.17, 15) is 33.6 Å². The van der Waals surface area contributed by atoms with Crippen LogP contribution in [0, 0.1) is 0 Å². The van der Waals surface area contributed by atoms with Crippen LogP contribution < -0.4 is 10.6 Å². The van der Waals surface area contributed by atoms with Crippen molar-refractivity contribution < 1.29 is 71.5 Å². The molecule has 0 spiro atoms. The standard InChI is InChI=1S/C34H48N2O15/c1-21(37)46-20-27-29(48-22(2)38)30(49-23(3)39)31(50-24(4)40)33(51-27)45-18-12-7-6-11-17-35-32(42)26(15-16-28(41)44-5)36-34(43)47-19-25-13-9-8-10-14-25/h8-10,13-14,26-27,29-31,33H,6-7,11-12,15-20H2,1-5H3,(H,35,42)(H,36,43)/t26-,27+,29+,30-,31+,33+/m0/s1. The fraction of sp³-hybridized carbons (Fsp3) is 0.618. The summed E-state index contributed by atoms with van der Waals surface area (Å²) in [5.74, 6) is -3.86. The Balaban J connectivity index is 1.89. The first-order chi connectivity index (χ1) is 24.3. The van der Waals surface area contributed by atoms with Gasteiger partial charge in [0.15, 0.2) is 24.6 Å². The lowest BCUT2D eigenvalue weighted by Crippen LogP contribution is -2.63. The molecule has 0 aromatic heterocycles. The van der Waals surface area contributed by atoms with Crippen molar-refractivity contribution >= 4 is 41.8 Å². The highest BCUT2D eigenvalue weighted by molar-refractivity contribution is 5.86. The third-order valence-electron chi connectivity index (χ3n) is 7.29. The summed E-state index contributed by atoms with van der Waals surface area (Å²) in [7, 11) is 1.23. The van der Waals surface area contributed by atoms with Gasteiger partial charge in [0.2, 0.25) is 5.91 Å². The molecule has 1 aliphatic rings. The van der Waals surface area contributed by atoms with Gasteiger partial charge in [-0.15, -0.1) is 0 Å². The number of benzene rings is 1. The van der Waals surface area contributed by atoms with Crippen LogP contribution in [0.2, 0.25) is 0 Å². The van der Waals surface area contributed by atoms with Crippen molar-refractivity contribution in [2.24, 2.45) is 0 Å². The Kier molecular flexibility index (Phi) is 19.0. The predicted octanol–water partition coefficient (Wildman–Crippen LogP) is 2.01. The van der Waals surface area contributed by atoms with E-state index in [0.717, 1.165) is 26.3 Å². The minimum atomic E-state index is -1.32. The van der Waals surface area contributed by atoms with E-state index in [1.807, 2.05) is 6.07 Å². The molecule has 6 atom stereocenters. The van der Waals surface area contributed by atoms with Crippen LogP contribution in [0.4, 0.5) is 4.79 Å². The maximum Gasteiger partial charge on any atom is 0.408 e. The second kappa shape index (κ2) is 22.8. The van der Waals surface area contributed by atoms with Crippen molar-refractivity contribution in [2.75, 3.05) is 26.9 Å². The third kappa shape index (κ3) is 16.7. The maximum absolute atomic E-state index is 12.9. The van der Waals surface area contributed by atoms with Crippen molar-refractivity contribution in [1.29, 1.82) is 0 Å². The van der Waals surface area contributed by atoms with Crippen LogP contribution in [0.1, 0.15) is 71.8 Å². The number of methoxy groups -OCH3 is 1. The van der Waals surface area contributed by atoms with E-state index < -0.39 is 78.6 Å². The number of hydrogen-bond acceptors (Lipinski definition) is 15. The van der Waals surface area contributed by atoms with Crippen LogP contribution in [-0.4, -0.2) is 105 Å². The lowest BCUT2D eigenvalue weighted by molar-refractivity contribution is -0.308. The molecular weight excluding hydrogens is 676 g/mol. The normalized spacial score (nSPS) is 20.1. The lowest BCUT2D eigenvalue weighted by Gasteiger charge is -2.44. The number of carbonyl (C=O) groups excluding carboxylic acids is 7. The summed E-state index contributed by atoms with van der Waals surface area (Å²) in [5.41, 5.74) is 0.770. The van der Waals surface area contributed by atoms with Gasteiger partial charge in [-0.05, 0) is 24.8 Å². The van der Waals surface area contributed by atoms with Crippen LogP contribution in [0.25, 0.3) is 0 Å². The number of hydrogen-bond donors (Lipinski definition) is 2. The molecule has 51 heavy (non-hydrogen) atoms. The molecule has 2 N–H and O–H groups in total. The van der Waals surface area contributed by atoms with Gasteiger partial charge in [-0.3, -0.25) is 28.8 Å². The molecule has 0 aliphatic carbocycles. The maximum atomic E-state index is 12.9. The first kappa shape index (κ1) is 42.4. The Morgan fingerprint density at radius 3 is 2.02 bits per heavy atom. The molecule has 1 aliphatic heterocycles. The molecule has 0 unspecified atom stereocenters. The van der Waals surface area contributed by atoms with E-state index in [2.05, 4.69) is 15.4 Å². The van der Waals surface area contributed by atoms with Crippen molar-refractivity contribution in [1.82, 2.24) is 10.6 Å². The van der Waals surface area contributed by atoms with Gasteiger partial charge in [-0.1, -0.05) is 43.2 Å². The number of nitrogens with one attached hydrogen (secondary N) is 2. The van der Waals surface area contributed by atoms with Gasteiger partial charge in [0.1, 0.15) is 25.4 Å². The molecule has 1 heterocycles. The van der Waals surface area contributed by atoms with Crippen LogP contribution in [-0.2, 0) is 73.3 Å². The van der Waals surface area contributed by atoms with Crippen LogP contribution in [0.15, 0.2) is 30.3 Å². The largest absolute Gasteiger partial charge is 0.469 e. The summed E-state index contributed by atoms with van der Waals surface area (Å²) in [6.45, 7) is 4.63. The molecule has 0 radical (unpaired) electrons. The number of unbranched alkanes of at least 4 members (excludes halogenated alkanes) is 3. The smallest absolute Gasteiger partial charge is 0.408 e. The Bertz CT molecular complexity index is 1310. The third-order valence-corrected chi connectivity index (χ3v) is 7.29. The second-order valence-electron chi connectivity index (χ2n) is 11.5. The molecule has 17 heteroatoms. The molecule has 2 rings (SSSR count). The second-order valence-corrected chi connectivity index (χ2v) is 11.5. The first-order valence-electron chi connectivity index (χ1n) is 16.5. The molecule has 0 saturated carbocycles. The summed E-state index contributed by atoms with van der Waals surface area (Å²) in [6, 6.07) is 7.99. The van der Waals surface area contributed by atoms with E-state index in [-0.39, 0.29) is 39.2 Å². The summed E-state index contributed by atoms with van der Waals surface area (Å²) in [4.78, 5) is 84.2. The Labute approximate surface area is 296 Å². The SMILES string of the molecule is COC(=O)CC[C@H](NC(=O)OCc1ccccc1)C(=O)NCCCCCCO[C@@H]1O[C@H](COC(C)=O)[C@@H](OC(C)=O)[C@H](OC(C)=O)[C@H]1OC(C)=O. The van der Waals surface area contributed by atoms with Gasteiger partial charge in [0.05, 0.1) is 7.11 Å². The molecule has 1 saturated heterocycles. The number of esters is 5. The topological polar surface area (TPSA) is 217 Å². The molecule has 1 aromatic rings. The highest BCUT2D eigenvalue weighted by Gasteiger charge is 2.52. The summed E-state index contributed by atoms with van der Waals surface area (Å²) in [6.07, 6.45) is -4.77. The molecular formula is C34H48N2O15. The minimum Gasteiger partial charge on any atom is -0.469 e. The van der Waals surface area contributed by atoms with Gasteiger partial charge in [0.25, 0.3) is 0 Å². The number of rotatable bonds is 20. The van der Waals surface area contributed by atoms with Gasteiger partial charge in [-0.2, -0.15) is 0 Å². The Hall–Kier alpha value is -4.77. The van der Waals surface area contributed by atoms with E-state index >= 15 is 0 Å². The van der Waals surface area contributed by atoms with E-state index in [1.54, 1.807) is 24.3 Å². The van der Waals surface area contributed by atoms with Crippen molar-refractivity contribution in [3.05, 3.63) is 35.9 Å². The van der Waals surface area contributed by atoms with Gasteiger partial charge >= 0.3 is 35.9 Å². The predicted molar refractivity (Wildman–Crippen MR) is 174 cm³/mol. The molecule has 284 valence electrons. The molecule has 17 nitrogen and oxygen atoms in total. The highest BCUT2D eigenvalue weighted by Crippen LogP contribution is 2.30. The number of carbonyl (C=O) groups is 7. The van der Waals surface area contributed by atoms with Crippen LogP contribution in [0.3, 0.4) is 0 Å². The highest BCUT2D eigenvalue weighted by atomic mass is 16.7.